The average molecular weight is 658 g/mol. The van der Waals surface area contributed by atoms with Crippen molar-refractivity contribution in [3.8, 4) is 0 Å². The molecule has 11 heteroatoms. The fourth-order valence-electron chi connectivity index (χ4n) is 4.53. The van der Waals surface area contributed by atoms with Crippen molar-refractivity contribution in [2.45, 2.75) is 29.7 Å². The number of anilines is 1. The smallest absolute Gasteiger partial charge is 0.321 e. The Balaban J connectivity index is 1.98. The lowest BCUT2D eigenvalue weighted by atomic mass is 9.97. The van der Waals surface area contributed by atoms with Crippen molar-refractivity contribution in [2.75, 3.05) is 18.4 Å². The largest absolute Gasteiger partial charge is 0.468 e. The third-order valence-electron chi connectivity index (χ3n) is 6.53. The molecule has 0 spiro atoms. The Labute approximate surface area is 249 Å². The van der Waals surface area contributed by atoms with Gasteiger partial charge in [0.15, 0.2) is 0 Å². The highest BCUT2D eigenvalue weighted by atomic mass is 79.9. The highest BCUT2D eigenvalue weighted by Gasteiger charge is 2.38. The van der Waals surface area contributed by atoms with E-state index in [1.54, 1.807) is 98.8 Å². The third-order valence-corrected chi connectivity index (χ3v) is 10.5. The number of halogens is 1. The van der Waals surface area contributed by atoms with Gasteiger partial charge in [0, 0.05) is 10.0 Å². The molecular weight excluding hydrogens is 628 g/mol. The lowest BCUT2D eigenvalue weighted by Crippen LogP contribution is -2.40. The van der Waals surface area contributed by atoms with E-state index in [0.29, 0.717) is 26.7 Å². The fraction of sp³-hybridized carbons (Fsp3) is 0.167. The van der Waals surface area contributed by atoms with Gasteiger partial charge in [0.05, 0.1) is 28.6 Å². The van der Waals surface area contributed by atoms with Crippen molar-refractivity contribution < 1.29 is 26.4 Å². The van der Waals surface area contributed by atoms with Gasteiger partial charge >= 0.3 is 5.97 Å². The zero-order valence-corrected chi connectivity index (χ0v) is 25.8. The summed E-state index contributed by atoms with van der Waals surface area (Å²) < 4.78 is 64.9. The second-order valence-corrected chi connectivity index (χ2v) is 13.7. The SMILES string of the molecule is COC(=O)CN([C@H](c1ccccc1)c1cc(Br)ccc1NS(=O)(=O)c1ccccc1C)S(=O)(=O)c1ccccc1C. The number of benzene rings is 4. The van der Waals surface area contributed by atoms with Gasteiger partial charge < -0.3 is 4.74 Å². The van der Waals surface area contributed by atoms with Crippen LogP contribution in [0.4, 0.5) is 5.69 Å². The monoisotopic (exact) mass is 656 g/mol. The minimum atomic E-state index is -4.32. The van der Waals surface area contributed by atoms with E-state index in [0.717, 1.165) is 4.31 Å². The number of rotatable bonds is 10. The van der Waals surface area contributed by atoms with Gasteiger partial charge in [-0.25, -0.2) is 16.8 Å². The summed E-state index contributed by atoms with van der Waals surface area (Å²) in [6.07, 6.45) is 0. The van der Waals surface area contributed by atoms with Crippen LogP contribution in [0.5, 0.6) is 0 Å². The highest BCUT2D eigenvalue weighted by molar-refractivity contribution is 9.10. The van der Waals surface area contributed by atoms with Crippen LogP contribution in [0.3, 0.4) is 0 Å². The topological polar surface area (TPSA) is 110 Å². The van der Waals surface area contributed by atoms with E-state index in [2.05, 4.69) is 20.7 Å². The Morgan fingerprint density at radius 3 is 1.98 bits per heavy atom. The molecule has 1 N–H and O–H groups in total. The average Bonchev–Trinajstić information content (AvgIpc) is 2.94. The number of hydrogen-bond acceptors (Lipinski definition) is 6. The van der Waals surface area contributed by atoms with Crippen LogP contribution in [-0.2, 0) is 29.6 Å². The maximum atomic E-state index is 14.3. The molecule has 4 rings (SSSR count). The zero-order valence-electron chi connectivity index (χ0n) is 22.6. The minimum Gasteiger partial charge on any atom is -0.468 e. The summed E-state index contributed by atoms with van der Waals surface area (Å²) in [6, 6.07) is 25.5. The van der Waals surface area contributed by atoms with Crippen molar-refractivity contribution in [1.29, 1.82) is 0 Å². The Morgan fingerprint density at radius 1 is 0.829 bits per heavy atom. The molecule has 0 aromatic heterocycles. The second kappa shape index (κ2) is 12.6. The Morgan fingerprint density at radius 2 is 1.39 bits per heavy atom. The van der Waals surface area contributed by atoms with E-state index >= 15 is 0 Å². The van der Waals surface area contributed by atoms with Gasteiger partial charge in [0.1, 0.15) is 6.54 Å². The van der Waals surface area contributed by atoms with Crippen LogP contribution in [-0.4, -0.2) is 40.8 Å². The maximum absolute atomic E-state index is 14.3. The van der Waals surface area contributed by atoms with Crippen LogP contribution < -0.4 is 4.72 Å². The molecule has 0 aliphatic heterocycles. The maximum Gasteiger partial charge on any atom is 0.321 e. The van der Waals surface area contributed by atoms with Crippen LogP contribution in [0.25, 0.3) is 0 Å². The Bertz CT molecular complexity index is 1780. The first-order valence-electron chi connectivity index (χ1n) is 12.5. The lowest BCUT2D eigenvalue weighted by molar-refractivity contribution is -0.141. The van der Waals surface area contributed by atoms with Crippen molar-refractivity contribution in [3.63, 3.8) is 0 Å². The number of esters is 1. The quantitative estimate of drug-likeness (QED) is 0.215. The molecule has 4 aromatic carbocycles. The normalized spacial score (nSPS) is 12.6. The molecule has 0 radical (unpaired) electrons. The zero-order chi connectivity index (χ0) is 29.8. The molecule has 0 bridgehead atoms. The summed E-state index contributed by atoms with van der Waals surface area (Å²) in [5.74, 6) is -0.778. The minimum absolute atomic E-state index is 0.0156. The van der Waals surface area contributed by atoms with E-state index in [4.69, 9.17) is 4.74 Å². The molecular formula is C30H29BrN2O6S2. The van der Waals surface area contributed by atoms with Crippen molar-refractivity contribution in [2.24, 2.45) is 0 Å². The van der Waals surface area contributed by atoms with Gasteiger partial charge in [-0.1, -0.05) is 82.7 Å². The summed E-state index contributed by atoms with van der Waals surface area (Å²) in [5, 5.41) is 0. The van der Waals surface area contributed by atoms with Crippen LogP contribution in [0, 0.1) is 13.8 Å². The van der Waals surface area contributed by atoms with Gasteiger partial charge in [-0.3, -0.25) is 9.52 Å². The molecule has 214 valence electrons. The molecule has 0 heterocycles. The number of methoxy groups -OCH3 is 1. The predicted molar refractivity (Wildman–Crippen MR) is 162 cm³/mol. The van der Waals surface area contributed by atoms with E-state index < -0.39 is 38.6 Å². The first-order chi connectivity index (χ1) is 19.5. The van der Waals surface area contributed by atoms with E-state index in [1.807, 2.05) is 0 Å². The molecule has 0 unspecified atom stereocenters. The molecule has 0 fully saturated rings. The van der Waals surface area contributed by atoms with Crippen LogP contribution in [0.1, 0.15) is 28.3 Å². The summed E-state index contributed by atoms with van der Waals surface area (Å²) in [6.45, 7) is 2.74. The molecule has 4 aromatic rings. The lowest BCUT2D eigenvalue weighted by Gasteiger charge is -2.32. The molecule has 0 aliphatic carbocycles. The Kier molecular flexibility index (Phi) is 9.33. The van der Waals surface area contributed by atoms with Gasteiger partial charge in [-0.05, 0) is 60.9 Å². The molecule has 0 aliphatic rings. The second-order valence-electron chi connectivity index (χ2n) is 9.31. The van der Waals surface area contributed by atoms with Crippen LogP contribution in [0.15, 0.2) is 111 Å². The summed E-state index contributed by atoms with van der Waals surface area (Å²) >= 11 is 3.46. The number of nitrogens with zero attached hydrogens (tertiary/aromatic N) is 1. The Hall–Kier alpha value is -3.51. The van der Waals surface area contributed by atoms with E-state index in [1.165, 1.54) is 19.2 Å². The molecule has 1 atom stereocenters. The number of carbonyl (C=O) groups excluding carboxylic acids is 1. The van der Waals surface area contributed by atoms with Gasteiger partial charge in [0.25, 0.3) is 10.0 Å². The summed E-state index contributed by atoms with van der Waals surface area (Å²) in [7, 11) is -7.21. The fourth-order valence-corrected chi connectivity index (χ4v) is 8.01. The molecule has 0 amide bonds. The molecule has 0 saturated heterocycles. The third kappa shape index (κ3) is 6.70. The first kappa shape index (κ1) is 30.4. The predicted octanol–water partition coefficient (Wildman–Crippen LogP) is 5.82. The number of hydrogen-bond donors (Lipinski definition) is 1. The van der Waals surface area contributed by atoms with E-state index in [9.17, 15) is 21.6 Å². The summed E-state index contributed by atoms with van der Waals surface area (Å²) in [4.78, 5) is 12.8. The number of nitrogens with one attached hydrogen (secondary N) is 1. The van der Waals surface area contributed by atoms with Gasteiger partial charge in [-0.2, -0.15) is 4.31 Å². The molecule has 0 saturated carbocycles. The molecule has 41 heavy (non-hydrogen) atoms. The van der Waals surface area contributed by atoms with Crippen molar-refractivity contribution in [1.82, 2.24) is 4.31 Å². The summed E-state index contributed by atoms with van der Waals surface area (Å²) in [5.41, 5.74) is 2.02. The first-order valence-corrected chi connectivity index (χ1v) is 16.2. The number of aryl methyl sites for hydroxylation is 2. The number of ether oxygens (including phenoxy) is 1. The van der Waals surface area contributed by atoms with Gasteiger partial charge in [0.2, 0.25) is 10.0 Å². The highest BCUT2D eigenvalue weighted by Crippen LogP contribution is 2.39. The van der Waals surface area contributed by atoms with Gasteiger partial charge in [-0.15, -0.1) is 0 Å². The van der Waals surface area contributed by atoms with Crippen molar-refractivity contribution in [3.05, 3.63) is 124 Å². The molecule has 8 nitrogen and oxygen atoms in total. The number of carbonyl (C=O) groups is 1. The van der Waals surface area contributed by atoms with Crippen LogP contribution in [0.2, 0.25) is 0 Å². The number of sulfonamides is 2. The van der Waals surface area contributed by atoms with E-state index in [-0.39, 0.29) is 15.5 Å². The standard InChI is InChI=1S/C30H29BrN2O6S2/c1-21-11-7-9-15-27(21)40(35,36)32-26-18-17-24(31)19-25(26)30(23-13-5-4-6-14-23)33(20-29(34)39-3)41(37,38)28-16-10-8-12-22(28)2/h4-19,30,32H,20H2,1-3H3/t30-/m1/s1. The van der Waals surface area contributed by atoms with Crippen molar-refractivity contribution >= 4 is 47.6 Å². The van der Waals surface area contributed by atoms with Crippen LogP contribution >= 0.6 is 15.9 Å².